The summed E-state index contributed by atoms with van der Waals surface area (Å²) in [7, 11) is 1.29. The molecule has 0 bridgehead atoms. The number of rotatable bonds is 6. The van der Waals surface area contributed by atoms with Crippen LogP contribution in [-0.4, -0.2) is 53.9 Å². The third kappa shape index (κ3) is 5.47. The van der Waals surface area contributed by atoms with Crippen molar-refractivity contribution in [2.24, 2.45) is 5.92 Å². The molecule has 2 aliphatic rings. The van der Waals surface area contributed by atoms with Crippen molar-refractivity contribution in [3.63, 3.8) is 0 Å². The Morgan fingerprint density at radius 1 is 1.05 bits per heavy atom. The van der Waals surface area contributed by atoms with Crippen molar-refractivity contribution in [3.8, 4) is 0 Å². The quantitative estimate of drug-likeness (QED) is 0.430. The maximum Gasteiger partial charge on any atom is 0.337 e. The lowest BCUT2D eigenvalue weighted by molar-refractivity contribution is -0.121. The minimum absolute atomic E-state index is 0.0760. The van der Waals surface area contributed by atoms with E-state index in [0.717, 1.165) is 38.8 Å². The maximum atomic E-state index is 13.4. The van der Waals surface area contributed by atoms with Crippen molar-refractivity contribution in [1.29, 1.82) is 0 Å². The number of benzene rings is 1. The van der Waals surface area contributed by atoms with Gasteiger partial charge in [0.15, 0.2) is 0 Å². The van der Waals surface area contributed by atoms with Crippen LogP contribution in [-0.2, 0) is 9.53 Å². The van der Waals surface area contributed by atoms with Crippen LogP contribution >= 0.6 is 11.6 Å². The highest BCUT2D eigenvalue weighted by Crippen LogP contribution is 2.35. The van der Waals surface area contributed by atoms with Gasteiger partial charge in [-0.15, -0.1) is 0 Å². The zero-order valence-electron chi connectivity index (χ0n) is 20.6. The van der Waals surface area contributed by atoms with E-state index >= 15 is 0 Å². The zero-order chi connectivity index (χ0) is 25.9. The molecule has 1 aromatic carbocycles. The van der Waals surface area contributed by atoms with Crippen LogP contribution in [0.2, 0.25) is 5.02 Å². The molecule has 1 saturated heterocycles. The third-order valence-electron chi connectivity index (χ3n) is 7.26. The number of aromatic nitrogens is 1. The van der Waals surface area contributed by atoms with Crippen molar-refractivity contribution in [1.82, 2.24) is 9.88 Å². The first-order valence-corrected chi connectivity index (χ1v) is 12.9. The summed E-state index contributed by atoms with van der Waals surface area (Å²) in [5, 5.41) is 6.50. The van der Waals surface area contributed by atoms with E-state index < -0.39 is 11.9 Å². The van der Waals surface area contributed by atoms with Crippen LogP contribution in [0.1, 0.15) is 59.4 Å². The molecule has 194 valence electrons. The standard InChI is InChI=1S/C27H29ClN4O5/c1-36-27(35)17-6-10-21-20(14-17)23(24(37-21)26(34)30-22-11-7-18(28)15-29-22)31-25(33)16-4-8-19(9-5-16)32-12-2-3-13-32/h6-7,10-11,14-16,19H,2-5,8-9,12-13H2,1H3,(H,31,33)(H,29,30,34). The molecular weight excluding hydrogens is 496 g/mol. The van der Waals surface area contributed by atoms with E-state index in [0.29, 0.717) is 22.0 Å². The minimum atomic E-state index is -0.585. The van der Waals surface area contributed by atoms with E-state index in [9.17, 15) is 14.4 Å². The fourth-order valence-corrected chi connectivity index (χ4v) is 5.40. The molecule has 2 aromatic heterocycles. The number of carbonyl (C=O) groups excluding carboxylic acids is 3. The lowest BCUT2D eigenvalue weighted by Gasteiger charge is -2.33. The number of fused-ring (bicyclic) bond motifs is 1. The van der Waals surface area contributed by atoms with Crippen LogP contribution in [0, 0.1) is 5.92 Å². The number of esters is 1. The first-order chi connectivity index (χ1) is 17.9. The highest BCUT2D eigenvalue weighted by molar-refractivity contribution is 6.30. The van der Waals surface area contributed by atoms with Crippen LogP contribution in [0.4, 0.5) is 11.5 Å². The van der Waals surface area contributed by atoms with Gasteiger partial charge in [0.05, 0.1) is 17.7 Å². The predicted molar refractivity (Wildman–Crippen MR) is 140 cm³/mol. The summed E-state index contributed by atoms with van der Waals surface area (Å²) in [5.74, 6) is -1.24. The number of ether oxygens (including phenoxy) is 1. The van der Waals surface area contributed by atoms with Crippen molar-refractivity contribution in [2.75, 3.05) is 30.8 Å². The molecule has 0 radical (unpaired) electrons. The fourth-order valence-electron chi connectivity index (χ4n) is 5.28. The highest BCUT2D eigenvalue weighted by atomic mass is 35.5. The molecule has 2 fully saturated rings. The zero-order valence-corrected chi connectivity index (χ0v) is 21.3. The Morgan fingerprint density at radius 2 is 1.81 bits per heavy atom. The third-order valence-corrected chi connectivity index (χ3v) is 7.48. The molecule has 2 N–H and O–H groups in total. The number of hydrogen-bond donors (Lipinski definition) is 2. The Hall–Kier alpha value is -3.43. The van der Waals surface area contributed by atoms with Gasteiger partial charge in [-0.2, -0.15) is 0 Å². The van der Waals surface area contributed by atoms with Gasteiger partial charge < -0.3 is 24.7 Å². The molecule has 10 heteroatoms. The van der Waals surface area contributed by atoms with Crippen LogP contribution in [0.3, 0.4) is 0 Å². The molecule has 1 saturated carbocycles. The summed E-state index contributed by atoms with van der Waals surface area (Å²) >= 11 is 5.89. The van der Waals surface area contributed by atoms with E-state index in [1.165, 1.54) is 26.1 Å². The molecular formula is C27H29ClN4O5. The number of nitrogens with one attached hydrogen (secondary N) is 2. The Kier molecular flexibility index (Phi) is 7.43. The SMILES string of the molecule is COC(=O)c1ccc2oc(C(=O)Nc3ccc(Cl)cn3)c(NC(=O)C3CCC(N4CCCC4)CC3)c2c1. The Morgan fingerprint density at radius 3 is 2.49 bits per heavy atom. The van der Waals surface area contributed by atoms with E-state index in [4.69, 9.17) is 20.8 Å². The number of methoxy groups -OCH3 is 1. The molecule has 2 amide bonds. The van der Waals surface area contributed by atoms with Crippen molar-refractivity contribution >= 4 is 51.9 Å². The number of hydrogen-bond acceptors (Lipinski definition) is 7. The first-order valence-electron chi connectivity index (χ1n) is 12.6. The van der Waals surface area contributed by atoms with Crippen LogP contribution in [0.25, 0.3) is 11.0 Å². The van der Waals surface area contributed by atoms with Gasteiger partial charge in [0.1, 0.15) is 17.1 Å². The molecule has 0 unspecified atom stereocenters. The molecule has 3 aromatic rings. The summed E-state index contributed by atoms with van der Waals surface area (Å²) in [6.07, 6.45) is 7.44. The number of amides is 2. The lowest BCUT2D eigenvalue weighted by atomic mass is 9.84. The van der Waals surface area contributed by atoms with Crippen molar-refractivity contribution in [3.05, 3.63) is 52.9 Å². The first kappa shape index (κ1) is 25.2. The largest absolute Gasteiger partial charge is 0.465 e. The van der Waals surface area contributed by atoms with E-state index in [1.807, 2.05) is 0 Å². The van der Waals surface area contributed by atoms with Gasteiger partial charge in [0, 0.05) is 23.5 Å². The van der Waals surface area contributed by atoms with E-state index in [2.05, 4.69) is 20.5 Å². The molecule has 3 heterocycles. The summed E-state index contributed by atoms with van der Waals surface area (Å²) in [6.45, 7) is 2.29. The molecule has 0 spiro atoms. The number of furan rings is 1. The smallest absolute Gasteiger partial charge is 0.337 e. The maximum absolute atomic E-state index is 13.4. The normalized spacial score (nSPS) is 20.1. The van der Waals surface area contributed by atoms with Crippen LogP contribution in [0.5, 0.6) is 0 Å². The summed E-state index contributed by atoms with van der Waals surface area (Å²) in [4.78, 5) is 45.3. The van der Waals surface area contributed by atoms with E-state index in [1.54, 1.807) is 30.3 Å². The van der Waals surface area contributed by atoms with Gasteiger partial charge in [0.25, 0.3) is 5.91 Å². The molecule has 0 atom stereocenters. The number of likely N-dealkylation sites (tertiary alicyclic amines) is 1. The molecule has 1 aliphatic carbocycles. The second kappa shape index (κ2) is 10.9. The summed E-state index contributed by atoms with van der Waals surface area (Å²) in [6, 6.07) is 8.39. The average Bonchev–Trinajstić information content (AvgIpc) is 3.58. The van der Waals surface area contributed by atoms with Gasteiger partial charge in [-0.1, -0.05) is 11.6 Å². The second-order valence-electron chi connectivity index (χ2n) is 9.56. The minimum Gasteiger partial charge on any atom is -0.465 e. The molecule has 1 aliphatic heterocycles. The molecule has 5 rings (SSSR count). The highest BCUT2D eigenvalue weighted by Gasteiger charge is 2.32. The van der Waals surface area contributed by atoms with Gasteiger partial charge in [-0.3, -0.25) is 9.59 Å². The Labute approximate surface area is 219 Å². The Bertz CT molecular complexity index is 1310. The van der Waals surface area contributed by atoms with Crippen molar-refractivity contribution in [2.45, 2.75) is 44.6 Å². The number of carbonyl (C=O) groups is 3. The van der Waals surface area contributed by atoms with Gasteiger partial charge in [-0.05, 0) is 81.9 Å². The predicted octanol–water partition coefficient (Wildman–Crippen LogP) is 5.11. The van der Waals surface area contributed by atoms with E-state index in [-0.39, 0.29) is 34.7 Å². The van der Waals surface area contributed by atoms with Crippen molar-refractivity contribution < 1.29 is 23.5 Å². The Balaban J connectivity index is 1.40. The number of pyridine rings is 1. The second-order valence-corrected chi connectivity index (χ2v) is 10.00. The molecule has 37 heavy (non-hydrogen) atoms. The van der Waals surface area contributed by atoms with Gasteiger partial charge in [-0.25, -0.2) is 9.78 Å². The molecule has 9 nitrogen and oxygen atoms in total. The topological polar surface area (TPSA) is 114 Å². The average molecular weight is 525 g/mol. The van der Waals surface area contributed by atoms with Gasteiger partial charge in [0.2, 0.25) is 11.7 Å². The number of anilines is 2. The monoisotopic (exact) mass is 524 g/mol. The summed E-state index contributed by atoms with van der Waals surface area (Å²) in [5.41, 5.74) is 0.859. The van der Waals surface area contributed by atoms with Gasteiger partial charge >= 0.3 is 5.97 Å². The van der Waals surface area contributed by atoms with Crippen LogP contribution in [0.15, 0.2) is 40.9 Å². The lowest BCUT2D eigenvalue weighted by Crippen LogP contribution is -2.38. The fraction of sp³-hybridized carbons (Fsp3) is 0.407. The number of nitrogens with zero attached hydrogens (tertiary/aromatic N) is 2. The van der Waals surface area contributed by atoms with Crippen LogP contribution < -0.4 is 10.6 Å². The number of halogens is 1. The summed E-state index contributed by atoms with van der Waals surface area (Å²) < 4.78 is 10.7.